The van der Waals surface area contributed by atoms with Gasteiger partial charge in [0.1, 0.15) is 11.6 Å². The molecule has 0 fully saturated rings. The fourth-order valence-electron chi connectivity index (χ4n) is 4.92. The van der Waals surface area contributed by atoms with E-state index in [2.05, 4.69) is 37.8 Å². The first-order chi connectivity index (χ1) is 19.9. The molecule has 5 aromatic rings. The largest absolute Gasteiger partial charge is 0.493 e. The van der Waals surface area contributed by atoms with Crippen molar-refractivity contribution in [3.8, 4) is 44.9 Å². The van der Waals surface area contributed by atoms with Crippen LogP contribution >= 0.6 is 0 Å². The molecule has 0 saturated carbocycles. The van der Waals surface area contributed by atoms with Crippen molar-refractivity contribution >= 4 is 11.6 Å². The average molecular weight is 545 g/mol. The number of methoxy groups -OCH3 is 2. The first-order valence-corrected chi connectivity index (χ1v) is 13.2. The van der Waals surface area contributed by atoms with Crippen LogP contribution in [0.1, 0.15) is 16.7 Å². The molecular formula is C37H30F2O2. The minimum absolute atomic E-state index is 0.305. The number of rotatable bonds is 8. The Morgan fingerprint density at radius 1 is 0.659 bits per heavy atom. The standard InChI is InChI=1S/C37H30F2O2/c1-5-25(18-28-9-7-6-8-24(28)2)31-22-35(37(41-4)36(23-31)40-3)32-20-29(26-10-14-33(38)15-11-26)19-30(21-32)27-12-16-34(39)17-13-27/h5-23H,1H2,2-4H3/b25-18+. The molecule has 41 heavy (non-hydrogen) atoms. The molecule has 2 nitrogen and oxygen atoms in total. The third-order valence-corrected chi connectivity index (χ3v) is 7.13. The highest BCUT2D eigenvalue weighted by atomic mass is 19.1. The lowest BCUT2D eigenvalue weighted by Gasteiger charge is -2.18. The Hall–Kier alpha value is -4.96. The molecule has 0 aliphatic rings. The second kappa shape index (κ2) is 12.1. The van der Waals surface area contributed by atoms with Crippen LogP contribution in [0.3, 0.4) is 0 Å². The van der Waals surface area contributed by atoms with E-state index in [4.69, 9.17) is 9.47 Å². The maximum atomic E-state index is 13.8. The summed E-state index contributed by atoms with van der Waals surface area (Å²) in [6, 6.07) is 31.0. The molecule has 0 heterocycles. The van der Waals surface area contributed by atoms with Crippen LogP contribution in [-0.2, 0) is 0 Å². The van der Waals surface area contributed by atoms with Gasteiger partial charge in [-0.3, -0.25) is 0 Å². The SMILES string of the molecule is C=C/C(=C\c1ccccc1C)c1cc(OC)c(OC)c(-c2cc(-c3ccc(F)cc3)cc(-c3ccc(F)cc3)c2)c1. The van der Waals surface area contributed by atoms with Gasteiger partial charge in [0.25, 0.3) is 0 Å². The lowest BCUT2D eigenvalue weighted by Crippen LogP contribution is -1.97. The van der Waals surface area contributed by atoms with E-state index in [1.54, 1.807) is 38.5 Å². The maximum Gasteiger partial charge on any atom is 0.168 e. The fourth-order valence-corrected chi connectivity index (χ4v) is 4.92. The second-order valence-electron chi connectivity index (χ2n) is 9.73. The van der Waals surface area contributed by atoms with Crippen molar-refractivity contribution in [3.05, 3.63) is 144 Å². The van der Waals surface area contributed by atoms with Crippen molar-refractivity contribution < 1.29 is 18.3 Å². The Morgan fingerprint density at radius 2 is 1.22 bits per heavy atom. The summed E-state index contributed by atoms with van der Waals surface area (Å²) in [7, 11) is 3.23. The van der Waals surface area contributed by atoms with Crippen LogP contribution in [0.25, 0.3) is 45.0 Å². The molecule has 0 spiro atoms. The highest BCUT2D eigenvalue weighted by Crippen LogP contribution is 2.43. The molecule has 204 valence electrons. The van der Waals surface area contributed by atoms with Gasteiger partial charge in [0.15, 0.2) is 11.5 Å². The molecule has 5 rings (SSSR count). The molecule has 0 aromatic heterocycles. The summed E-state index contributed by atoms with van der Waals surface area (Å²) < 4.78 is 39.2. The number of benzene rings is 5. The van der Waals surface area contributed by atoms with E-state index in [-0.39, 0.29) is 11.6 Å². The normalized spacial score (nSPS) is 11.3. The van der Waals surface area contributed by atoms with E-state index >= 15 is 0 Å². The summed E-state index contributed by atoms with van der Waals surface area (Å²) in [6.45, 7) is 6.16. The van der Waals surface area contributed by atoms with Crippen LogP contribution in [0.5, 0.6) is 11.5 Å². The number of hydrogen-bond donors (Lipinski definition) is 0. The Labute approximate surface area is 239 Å². The number of halogens is 2. The van der Waals surface area contributed by atoms with Crippen molar-refractivity contribution in [1.82, 2.24) is 0 Å². The van der Waals surface area contributed by atoms with Gasteiger partial charge in [-0.2, -0.15) is 0 Å². The molecular weight excluding hydrogens is 514 g/mol. The van der Waals surface area contributed by atoms with Crippen LogP contribution in [0, 0.1) is 18.6 Å². The number of allylic oxidation sites excluding steroid dienone is 2. The Kier molecular flexibility index (Phi) is 8.11. The molecule has 0 bridgehead atoms. The third-order valence-electron chi connectivity index (χ3n) is 7.13. The van der Waals surface area contributed by atoms with E-state index in [0.29, 0.717) is 11.5 Å². The second-order valence-corrected chi connectivity index (χ2v) is 9.73. The molecule has 4 heteroatoms. The van der Waals surface area contributed by atoms with Gasteiger partial charge in [-0.1, -0.05) is 61.2 Å². The van der Waals surface area contributed by atoms with Crippen LogP contribution in [0.15, 0.2) is 116 Å². The minimum atomic E-state index is -0.305. The Morgan fingerprint density at radius 3 is 1.73 bits per heavy atom. The van der Waals surface area contributed by atoms with Crippen LogP contribution < -0.4 is 9.47 Å². The van der Waals surface area contributed by atoms with E-state index in [0.717, 1.165) is 55.6 Å². The van der Waals surface area contributed by atoms with Gasteiger partial charge in [0, 0.05) is 5.56 Å². The van der Waals surface area contributed by atoms with E-state index < -0.39 is 0 Å². The van der Waals surface area contributed by atoms with Gasteiger partial charge in [-0.15, -0.1) is 0 Å². The maximum absolute atomic E-state index is 13.8. The number of hydrogen-bond acceptors (Lipinski definition) is 2. The van der Waals surface area contributed by atoms with Gasteiger partial charge in [0.2, 0.25) is 0 Å². The lowest BCUT2D eigenvalue weighted by molar-refractivity contribution is 0.356. The third kappa shape index (κ3) is 5.97. The Bertz CT molecular complexity index is 1670. The topological polar surface area (TPSA) is 18.5 Å². The molecule has 0 amide bonds. The molecule has 0 atom stereocenters. The summed E-state index contributed by atoms with van der Waals surface area (Å²) in [4.78, 5) is 0. The summed E-state index contributed by atoms with van der Waals surface area (Å²) in [5.41, 5.74) is 9.23. The molecule has 5 aromatic carbocycles. The molecule has 0 N–H and O–H groups in total. The molecule has 0 saturated heterocycles. The average Bonchev–Trinajstić information content (AvgIpc) is 3.00. The number of ether oxygens (including phenoxy) is 2. The summed E-state index contributed by atoms with van der Waals surface area (Å²) in [5.74, 6) is 0.547. The van der Waals surface area contributed by atoms with Crippen molar-refractivity contribution in [2.45, 2.75) is 6.92 Å². The number of aryl methyl sites for hydroxylation is 1. The predicted molar refractivity (Wildman–Crippen MR) is 165 cm³/mol. The lowest BCUT2D eigenvalue weighted by atomic mass is 9.91. The summed E-state index contributed by atoms with van der Waals surface area (Å²) in [5, 5.41) is 0. The van der Waals surface area contributed by atoms with Crippen molar-refractivity contribution in [1.29, 1.82) is 0 Å². The first-order valence-electron chi connectivity index (χ1n) is 13.2. The monoisotopic (exact) mass is 544 g/mol. The van der Waals surface area contributed by atoms with Gasteiger partial charge in [-0.05, 0) is 118 Å². The zero-order valence-corrected chi connectivity index (χ0v) is 23.2. The highest BCUT2D eigenvalue weighted by Gasteiger charge is 2.18. The fraction of sp³-hybridized carbons (Fsp3) is 0.0811. The molecule has 0 radical (unpaired) electrons. The predicted octanol–water partition coefficient (Wildman–Crippen LogP) is 10.0. The van der Waals surface area contributed by atoms with Crippen molar-refractivity contribution in [2.75, 3.05) is 14.2 Å². The van der Waals surface area contributed by atoms with Gasteiger partial charge in [-0.25, -0.2) is 8.78 Å². The molecule has 0 unspecified atom stereocenters. The van der Waals surface area contributed by atoms with Crippen LogP contribution in [0.2, 0.25) is 0 Å². The highest BCUT2D eigenvalue weighted by molar-refractivity contribution is 5.92. The summed E-state index contributed by atoms with van der Waals surface area (Å²) >= 11 is 0. The van der Waals surface area contributed by atoms with E-state index in [9.17, 15) is 8.78 Å². The van der Waals surface area contributed by atoms with Crippen LogP contribution in [0.4, 0.5) is 8.78 Å². The Balaban J connectivity index is 1.75. The molecule has 0 aliphatic carbocycles. The van der Waals surface area contributed by atoms with Crippen molar-refractivity contribution in [2.24, 2.45) is 0 Å². The zero-order valence-electron chi connectivity index (χ0n) is 23.2. The minimum Gasteiger partial charge on any atom is -0.493 e. The van der Waals surface area contributed by atoms with Gasteiger partial charge in [0.05, 0.1) is 14.2 Å². The van der Waals surface area contributed by atoms with E-state index in [1.807, 2.05) is 42.5 Å². The van der Waals surface area contributed by atoms with Gasteiger partial charge < -0.3 is 9.47 Å². The smallest absolute Gasteiger partial charge is 0.168 e. The summed E-state index contributed by atoms with van der Waals surface area (Å²) in [6.07, 6.45) is 3.93. The van der Waals surface area contributed by atoms with Crippen LogP contribution in [-0.4, -0.2) is 14.2 Å². The quantitative estimate of drug-likeness (QED) is 0.143. The van der Waals surface area contributed by atoms with Gasteiger partial charge >= 0.3 is 0 Å². The molecule has 0 aliphatic heterocycles. The van der Waals surface area contributed by atoms with Crippen molar-refractivity contribution in [3.63, 3.8) is 0 Å². The van der Waals surface area contributed by atoms with E-state index in [1.165, 1.54) is 24.3 Å². The first kappa shape index (κ1) is 27.6. The zero-order chi connectivity index (χ0) is 28.9.